The summed E-state index contributed by atoms with van der Waals surface area (Å²) in [6.07, 6.45) is 3.26. The number of aryl methyl sites for hydroxylation is 1. The van der Waals surface area contributed by atoms with E-state index in [1.807, 2.05) is 0 Å². The van der Waals surface area contributed by atoms with Crippen molar-refractivity contribution in [2.75, 3.05) is 13.1 Å². The molecule has 0 unspecified atom stereocenters. The number of sulfonamides is 1. The van der Waals surface area contributed by atoms with Gasteiger partial charge in [0.15, 0.2) is 0 Å². The second-order valence-electron chi connectivity index (χ2n) is 5.48. The van der Waals surface area contributed by atoms with E-state index in [-0.39, 0.29) is 10.8 Å². The number of benzene rings is 1. The van der Waals surface area contributed by atoms with Crippen LogP contribution in [0.5, 0.6) is 0 Å². The first kappa shape index (κ1) is 15.5. The van der Waals surface area contributed by atoms with Crippen LogP contribution >= 0.6 is 11.6 Å². The molecular weight excluding hydrogens is 329 g/mol. The summed E-state index contributed by atoms with van der Waals surface area (Å²) >= 11 is 5.80. The second kappa shape index (κ2) is 5.64. The Kier molecular flexibility index (Phi) is 3.96. The molecule has 0 saturated carbocycles. The number of rotatable bonds is 4. The highest BCUT2D eigenvalue weighted by atomic mass is 35.5. The molecule has 1 aromatic carbocycles. The Morgan fingerprint density at radius 1 is 1.41 bits per heavy atom. The highest BCUT2D eigenvalue weighted by molar-refractivity contribution is 7.89. The summed E-state index contributed by atoms with van der Waals surface area (Å²) in [5.41, 5.74) is 0.419. The smallest absolute Gasteiger partial charge is 0.243 e. The second-order valence-corrected chi connectivity index (χ2v) is 7.82. The normalized spacial score (nSPS) is 16.7. The van der Waals surface area contributed by atoms with Gasteiger partial charge in [-0.2, -0.15) is 9.40 Å². The number of aromatic nitrogens is 2. The minimum Gasteiger partial charge on any atom is -0.271 e. The third-order valence-corrected chi connectivity index (χ3v) is 5.91. The van der Waals surface area contributed by atoms with Crippen molar-refractivity contribution in [3.63, 3.8) is 0 Å². The number of hydrogen-bond acceptors (Lipinski definition) is 3. The van der Waals surface area contributed by atoms with E-state index in [2.05, 4.69) is 5.10 Å². The molecule has 1 aliphatic heterocycles. The summed E-state index contributed by atoms with van der Waals surface area (Å²) in [4.78, 5) is 0.162. The molecule has 3 rings (SSSR count). The quantitative estimate of drug-likeness (QED) is 0.856. The predicted molar refractivity (Wildman–Crippen MR) is 80.6 cm³/mol. The van der Waals surface area contributed by atoms with Crippen molar-refractivity contribution in [2.45, 2.75) is 18.4 Å². The van der Waals surface area contributed by atoms with Crippen LogP contribution in [0.2, 0.25) is 5.02 Å². The number of halogens is 2. The van der Waals surface area contributed by atoms with Crippen LogP contribution in [0.4, 0.5) is 4.39 Å². The zero-order valence-electron chi connectivity index (χ0n) is 11.9. The summed E-state index contributed by atoms with van der Waals surface area (Å²) in [7, 11) is -3.56. The first-order chi connectivity index (χ1) is 10.4. The van der Waals surface area contributed by atoms with Crippen molar-refractivity contribution >= 4 is 21.6 Å². The van der Waals surface area contributed by atoms with Crippen molar-refractivity contribution in [2.24, 2.45) is 5.92 Å². The molecule has 8 heteroatoms. The van der Waals surface area contributed by atoms with E-state index >= 15 is 0 Å². The lowest BCUT2D eigenvalue weighted by Crippen LogP contribution is -2.51. The Hall–Kier alpha value is -1.44. The molecule has 0 aliphatic carbocycles. The molecule has 0 spiro atoms. The summed E-state index contributed by atoms with van der Waals surface area (Å²) < 4.78 is 41.2. The fourth-order valence-corrected chi connectivity index (χ4v) is 4.53. The zero-order valence-corrected chi connectivity index (χ0v) is 13.5. The van der Waals surface area contributed by atoms with Crippen LogP contribution in [0.3, 0.4) is 0 Å². The molecule has 1 fully saturated rings. The topological polar surface area (TPSA) is 55.2 Å². The van der Waals surface area contributed by atoms with E-state index in [4.69, 9.17) is 11.6 Å². The van der Waals surface area contributed by atoms with Gasteiger partial charge in [-0.3, -0.25) is 4.68 Å². The van der Waals surface area contributed by atoms with E-state index in [1.54, 1.807) is 24.0 Å². The molecule has 5 nitrogen and oxygen atoms in total. The lowest BCUT2D eigenvalue weighted by Gasteiger charge is -2.38. The molecule has 22 heavy (non-hydrogen) atoms. The summed E-state index contributed by atoms with van der Waals surface area (Å²) in [6, 6.07) is 3.72. The van der Waals surface area contributed by atoms with Gasteiger partial charge in [-0.1, -0.05) is 11.6 Å². The molecule has 1 aliphatic rings. The fraction of sp³-hybridized carbons (Fsp3) is 0.357. The summed E-state index contributed by atoms with van der Waals surface area (Å²) in [5.74, 6) is -0.236. The monoisotopic (exact) mass is 343 g/mol. The maximum Gasteiger partial charge on any atom is 0.243 e. The van der Waals surface area contributed by atoms with Crippen molar-refractivity contribution in [3.8, 4) is 0 Å². The van der Waals surface area contributed by atoms with Gasteiger partial charge in [-0.15, -0.1) is 0 Å². The molecule has 1 aromatic heterocycles. The molecule has 2 heterocycles. The highest BCUT2D eigenvalue weighted by Gasteiger charge is 2.37. The van der Waals surface area contributed by atoms with Crippen LogP contribution in [-0.2, 0) is 16.6 Å². The minimum atomic E-state index is -3.56. The molecule has 0 atom stereocenters. The molecule has 1 saturated heterocycles. The van der Waals surface area contributed by atoms with Gasteiger partial charge >= 0.3 is 0 Å². The van der Waals surface area contributed by atoms with Crippen LogP contribution in [0.15, 0.2) is 35.5 Å². The summed E-state index contributed by atoms with van der Waals surface area (Å²) in [6.45, 7) is 3.08. The average Bonchev–Trinajstić information content (AvgIpc) is 2.78. The van der Waals surface area contributed by atoms with Crippen molar-refractivity contribution < 1.29 is 12.8 Å². The van der Waals surface area contributed by atoms with Crippen LogP contribution in [0.25, 0.3) is 0 Å². The van der Waals surface area contributed by atoms with Crippen molar-refractivity contribution in [1.82, 2.24) is 14.1 Å². The Labute approximate surface area is 133 Å². The van der Waals surface area contributed by atoms with Crippen LogP contribution in [0.1, 0.15) is 5.56 Å². The van der Waals surface area contributed by atoms with Gasteiger partial charge < -0.3 is 0 Å². The third-order valence-electron chi connectivity index (χ3n) is 3.73. The van der Waals surface area contributed by atoms with Gasteiger partial charge in [0.05, 0.1) is 16.1 Å². The van der Waals surface area contributed by atoms with Gasteiger partial charge in [0.1, 0.15) is 5.82 Å². The van der Waals surface area contributed by atoms with Gasteiger partial charge in [0, 0.05) is 31.7 Å². The maximum atomic E-state index is 13.1. The largest absolute Gasteiger partial charge is 0.271 e. The zero-order chi connectivity index (χ0) is 15.9. The Bertz CT molecular complexity index is 800. The van der Waals surface area contributed by atoms with E-state index in [1.165, 1.54) is 22.5 Å². The van der Waals surface area contributed by atoms with E-state index < -0.39 is 15.8 Å². The Morgan fingerprint density at radius 3 is 2.73 bits per heavy atom. The molecule has 0 bridgehead atoms. The van der Waals surface area contributed by atoms with Crippen LogP contribution < -0.4 is 0 Å². The number of nitrogens with zero attached hydrogens (tertiary/aromatic N) is 3. The van der Waals surface area contributed by atoms with Crippen LogP contribution in [-0.4, -0.2) is 35.6 Å². The first-order valence-corrected chi connectivity index (χ1v) is 8.62. The molecular formula is C14H15ClFN3O2S. The van der Waals surface area contributed by atoms with Gasteiger partial charge in [-0.25, -0.2) is 12.8 Å². The van der Waals surface area contributed by atoms with Crippen molar-refractivity contribution in [3.05, 3.63) is 47.0 Å². The standard InChI is InChI=1S/C14H15ClFN3O2S/c1-10-4-13(16)2-3-14(10)22(20,21)19-7-11(8-19)6-18-9-12(15)5-17-18/h2-5,9,11H,6-8H2,1H3. The molecule has 2 aromatic rings. The predicted octanol–water partition coefficient (Wildman–Crippen LogP) is 2.30. The SMILES string of the molecule is Cc1cc(F)ccc1S(=O)(=O)N1CC(Cn2cc(Cl)cn2)C1. The number of hydrogen-bond donors (Lipinski definition) is 0. The van der Waals surface area contributed by atoms with E-state index in [0.717, 1.165) is 0 Å². The summed E-state index contributed by atoms with van der Waals surface area (Å²) in [5, 5.41) is 4.64. The lowest BCUT2D eigenvalue weighted by atomic mass is 10.0. The van der Waals surface area contributed by atoms with Gasteiger partial charge in [0.25, 0.3) is 0 Å². The maximum absolute atomic E-state index is 13.1. The van der Waals surface area contributed by atoms with Crippen molar-refractivity contribution in [1.29, 1.82) is 0 Å². The Balaban J connectivity index is 1.68. The van der Waals surface area contributed by atoms with E-state index in [0.29, 0.717) is 30.2 Å². The average molecular weight is 344 g/mol. The first-order valence-electron chi connectivity index (χ1n) is 6.80. The molecule has 0 amide bonds. The molecule has 118 valence electrons. The molecule has 0 N–H and O–H groups in total. The Morgan fingerprint density at radius 2 is 2.14 bits per heavy atom. The van der Waals surface area contributed by atoms with Gasteiger partial charge in [0.2, 0.25) is 10.0 Å². The third kappa shape index (κ3) is 2.88. The highest BCUT2D eigenvalue weighted by Crippen LogP contribution is 2.28. The lowest BCUT2D eigenvalue weighted by molar-refractivity contribution is 0.175. The minimum absolute atomic E-state index is 0.162. The van der Waals surface area contributed by atoms with Gasteiger partial charge in [-0.05, 0) is 30.7 Å². The van der Waals surface area contributed by atoms with Crippen LogP contribution in [0, 0.1) is 18.7 Å². The fourth-order valence-electron chi connectivity index (χ4n) is 2.58. The van der Waals surface area contributed by atoms with E-state index in [9.17, 15) is 12.8 Å². The molecule has 0 radical (unpaired) electrons.